The van der Waals surface area contributed by atoms with Gasteiger partial charge < -0.3 is 19.9 Å². The topological polar surface area (TPSA) is 57.2 Å². The van der Waals surface area contributed by atoms with Crippen molar-refractivity contribution in [2.45, 2.75) is 6.92 Å². The summed E-state index contributed by atoms with van der Waals surface area (Å²) in [6.07, 6.45) is 0. The van der Waals surface area contributed by atoms with Gasteiger partial charge in [0.15, 0.2) is 5.75 Å². The second-order valence-corrected chi connectivity index (χ2v) is 7.72. The van der Waals surface area contributed by atoms with Gasteiger partial charge in [0.05, 0.1) is 5.56 Å². The molecule has 3 aromatic rings. The minimum Gasteiger partial charge on any atom is -0.454 e. The van der Waals surface area contributed by atoms with E-state index in [1.807, 2.05) is 84.6 Å². The lowest BCUT2D eigenvalue weighted by Gasteiger charge is -2.36. The fraction of sp³-hybridized carbons (Fsp3) is 0.200. The molecule has 0 bridgehead atoms. The molecular weight excluding hydrogens is 388 g/mol. The van der Waals surface area contributed by atoms with Crippen molar-refractivity contribution in [2.75, 3.05) is 31.5 Å². The molecule has 156 valence electrons. The summed E-state index contributed by atoms with van der Waals surface area (Å²) in [6, 6.07) is 23.6. The minimum atomic E-state index is -0.0640. The summed E-state index contributed by atoms with van der Waals surface area (Å²) in [4.78, 5) is 21.8. The third-order valence-corrected chi connectivity index (χ3v) is 5.69. The van der Waals surface area contributed by atoms with Crippen molar-refractivity contribution in [3.63, 3.8) is 0 Å². The van der Waals surface area contributed by atoms with Crippen LogP contribution in [0.2, 0.25) is 0 Å². The maximum atomic E-state index is 12.8. The van der Waals surface area contributed by atoms with Gasteiger partial charge in [0.25, 0.3) is 0 Å². The number of fused-ring (bicyclic) bond motifs is 2. The fourth-order valence-electron chi connectivity index (χ4n) is 3.94. The molecule has 1 fully saturated rings. The van der Waals surface area contributed by atoms with E-state index in [1.54, 1.807) is 0 Å². The Morgan fingerprint density at radius 1 is 0.871 bits per heavy atom. The fourth-order valence-corrected chi connectivity index (χ4v) is 3.94. The molecule has 0 unspecified atom stereocenters. The van der Waals surface area contributed by atoms with E-state index in [4.69, 9.17) is 9.73 Å². The molecule has 6 heteroatoms. The number of para-hydroxylation sites is 4. The van der Waals surface area contributed by atoms with E-state index < -0.39 is 0 Å². The van der Waals surface area contributed by atoms with E-state index in [1.165, 1.54) is 0 Å². The number of hydrogen-bond acceptors (Lipinski definition) is 4. The molecule has 0 radical (unpaired) electrons. The number of nitrogens with one attached hydrogen (secondary N) is 1. The average Bonchev–Trinajstić information content (AvgIpc) is 2.97. The highest BCUT2D eigenvalue weighted by atomic mass is 16.5. The molecule has 2 aliphatic rings. The highest BCUT2D eigenvalue weighted by molar-refractivity contribution is 6.04. The summed E-state index contributed by atoms with van der Waals surface area (Å²) in [6.45, 7) is 4.66. The predicted octanol–water partition coefficient (Wildman–Crippen LogP) is 5.03. The van der Waals surface area contributed by atoms with Crippen molar-refractivity contribution in [1.82, 2.24) is 9.80 Å². The zero-order chi connectivity index (χ0) is 21.2. The Hall–Kier alpha value is -3.80. The Morgan fingerprint density at radius 3 is 2.35 bits per heavy atom. The van der Waals surface area contributed by atoms with Gasteiger partial charge in [-0.05, 0) is 42.8 Å². The third kappa shape index (κ3) is 3.84. The van der Waals surface area contributed by atoms with E-state index in [0.29, 0.717) is 26.2 Å². The van der Waals surface area contributed by atoms with Crippen molar-refractivity contribution >= 4 is 23.2 Å². The summed E-state index contributed by atoms with van der Waals surface area (Å²) in [5, 5.41) is 3.03. The first-order valence-electron chi connectivity index (χ1n) is 10.5. The Balaban J connectivity index is 1.35. The summed E-state index contributed by atoms with van der Waals surface area (Å²) < 4.78 is 6.14. The number of aliphatic imine (C=N–C) groups is 1. The average molecular weight is 412 g/mol. The monoisotopic (exact) mass is 412 g/mol. The number of nitrogens with zero attached hydrogens (tertiary/aromatic N) is 3. The van der Waals surface area contributed by atoms with Gasteiger partial charge in [0.2, 0.25) is 0 Å². The van der Waals surface area contributed by atoms with Gasteiger partial charge in [0, 0.05) is 31.9 Å². The lowest BCUT2D eigenvalue weighted by molar-refractivity contribution is 0.181. The maximum Gasteiger partial charge on any atom is 0.321 e. The first-order valence-corrected chi connectivity index (χ1v) is 10.5. The van der Waals surface area contributed by atoms with Crippen LogP contribution in [0.3, 0.4) is 0 Å². The third-order valence-electron chi connectivity index (χ3n) is 5.69. The van der Waals surface area contributed by atoms with Crippen LogP contribution < -0.4 is 10.1 Å². The molecule has 1 N–H and O–H groups in total. The number of urea groups is 1. The normalized spacial score (nSPS) is 15.2. The van der Waals surface area contributed by atoms with Crippen molar-refractivity contribution < 1.29 is 9.53 Å². The number of rotatable bonds is 1. The Morgan fingerprint density at radius 2 is 1.55 bits per heavy atom. The first kappa shape index (κ1) is 19.2. The number of aryl methyl sites for hydroxylation is 1. The smallest absolute Gasteiger partial charge is 0.321 e. The van der Waals surface area contributed by atoms with E-state index in [-0.39, 0.29) is 6.03 Å². The summed E-state index contributed by atoms with van der Waals surface area (Å²) >= 11 is 0. The SMILES string of the molecule is Cc1ccccc1NC(=O)N1CCN(C2=Nc3ccccc3Oc3ccccc32)CC1. The Kier molecular flexibility index (Phi) is 5.04. The van der Waals surface area contributed by atoms with Crippen LogP contribution in [0.15, 0.2) is 77.8 Å². The number of benzene rings is 3. The molecule has 2 aliphatic heterocycles. The number of carbonyl (C=O) groups excluding carboxylic acids is 1. The van der Waals surface area contributed by atoms with Gasteiger partial charge in [-0.25, -0.2) is 9.79 Å². The van der Waals surface area contributed by atoms with Gasteiger partial charge in [-0.3, -0.25) is 0 Å². The summed E-state index contributed by atoms with van der Waals surface area (Å²) in [5.41, 5.74) is 3.69. The number of amides is 2. The van der Waals surface area contributed by atoms with Gasteiger partial charge in [0.1, 0.15) is 17.3 Å². The molecule has 1 saturated heterocycles. The number of ether oxygens (including phenoxy) is 1. The summed E-state index contributed by atoms with van der Waals surface area (Å²) in [7, 11) is 0. The standard InChI is InChI=1S/C25H24N4O2/c1-18-8-2-4-10-20(18)27-25(30)29-16-14-28(15-17-29)24-19-9-3-6-12-22(19)31-23-13-7-5-11-21(23)26-24/h2-13H,14-17H2,1H3,(H,27,30). The molecule has 0 atom stereocenters. The highest BCUT2D eigenvalue weighted by Crippen LogP contribution is 2.37. The lowest BCUT2D eigenvalue weighted by atomic mass is 10.1. The first-order chi connectivity index (χ1) is 15.2. The van der Waals surface area contributed by atoms with Crippen molar-refractivity contribution in [3.05, 3.63) is 83.9 Å². The Bertz CT molecular complexity index is 1150. The Labute approximate surface area is 181 Å². The predicted molar refractivity (Wildman–Crippen MR) is 122 cm³/mol. The van der Waals surface area contributed by atoms with Crippen LogP contribution in [-0.2, 0) is 0 Å². The highest BCUT2D eigenvalue weighted by Gasteiger charge is 2.27. The lowest BCUT2D eigenvalue weighted by Crippen LogP contribution is -2.51. The quantitative estimate of drug-likeness (QED) is 0.610. The van der Waals surface area contributed by atoms with E-state index in [9.17, 15) is 4.79 Å². The van der Waals surface area contributed by atoms with Crippen LogP contribution in [0.25, 0.3) is 0 Å². The zero-order valence-electron chi connectivity index (χ0n) is 17.4. The van der Waals surface area contributed by atoms with Crippen LogP contribution in [0, 0.1) is 6.92 Å². The molecule has 31 heavy (non-hydrogen) atoms. The second kappa shape index (κ2) is 8.14. The molecule has 5 rings (SSSR count). The molecule has 2 amide bonds. The van der Waals surface area contributed by atoms with Gasteiger partial charge in [-0.1, -0.05) is 42.5 Å². The van der Waals surface area contributed by atoms with Crippen molar-refractivity contribution in [3.8, 4) is 11.5 Å². The molecular formula is C25H24N4O2. The van der Waals surface area contributed by atoms with Crippen LogP contribution in [-0.4, -0.2) is 47.8 Å². The number of piperazine rings is 1. The molecule has 0 spiro atoms. The minimum absolute atomic E-state index is 0.0640. The van der Waals surface area contributed by atoms with Crippen LogP contribution in [0.1, 0.15) is 11.1 Å². The molecule has 0 saturated carbocycles. The van der Waals surface area contributed by atoms with Crippen molar-refractivity contribution in [2.24, 2.45) is 4.99 Å². The number of hydrogen-bond donors (Lipinski definition) is 1. The van der Waals surface area contributed by atoms with E-state index in [2.05, 4.69) is 10.2 Å². The van der Waals surface area contributed by atoms with Gasteiger partial charge >= 0.3 is 6.03 Å². The molecule has 3 aromatic carbocycles. The van der Waals surface area contributed by atoms with Gasteiger partial charge in [-0.2, -0.15) is 0 Å². The van der Waals surface area contributed by atoms with Crippen LogP contribution in [0.4, 0.5) is 16.2 Å². The summed E-state index contributed by atoms with van der Waals surface area (Å²) in [5.74, 6) is 2.44. The van der Waals surface area contributed by atoms with Crippen molar-refractivity contribution in [1.29, 1.82) is 0 Å². The van der Waals surface area contributed by atoms with Gasteiger partial charge in [-0.15, -0.1) is 0 Å². The second-order valence-electron chi connectivity index (χ2n) is 7.72. The molecule has 2 heterocycles. The molecule has 6 nitrogen and oxygen atoms in total. The maximum absolute atomic E-state index is 12.8. The van der Waals surface area contributed by atoms with Crippen LogP contribution in [0.5, 0.6) is 11.5 Å². The van der Waals surface area contributed by atoms with E-state index >= 15 is 0 Å². The zero-order valence-corrected chi connectivity index (χ0v) is 17.4. The number of carbonyl (C=O) groups is 1. The largest absolute Gasteiger partial charge is 0.454 e. The number of anilines is 1. The van der Waals surface area contributed by atoms with E-state index in [0.717, 1.165) is 39.8 Å². The van der Waals surface area contributed by atoms with Crippen LogP contribution >= 0.6 is 0 Å². The molecule has 0 aromatic heterocycles. The molecule has 0 aliphatic carbocycles. The number of amidine groups is 1.